The van der Waals surface area contributed by atoms with Gasteiger partial charge in [-0.2, -0.15) is 0 Å². The Balaban J connectivity index is 1.48. The molecule has 2 unspecified atom stereocenters. The Bertz CT molecular complexity index is 872. The smallest absolute Gasteiger partial charge is 0.248 e. The summed E-state index contributed by atoms with van der Waals surface area (Å²) in [6.45, 7) is 8.37. The fourth-order valence-electron chi connectivity index (χ4n) is 4.89. The maximum absolute atomic E-state index is 13.2. The predicted octanol–water partition coefficient (Wildman–Crippen LogP) is 2.49. The second kappa shape index (κ2) is 7.58. The molecule has 2 fully saturated rings. The number of amides is 2. The molecule has 156 valence electrons. The highest BCUT2D eigenvalue weighted by atomic mass is 16.5. The zero-order valence-corrected chi connectivity index (χ0v) is 17.5. The van der Waals surface area contributed by atoms with Gasteiger partial charge < -0.3 is 10.2 Å². The van der Waals surface area contributed by atoms with Gasteiger partial charge in [0, 0.05) is 19.6 Å². The second-order valence-corrected chi connectivity index (χ2v) is 9.16. The van der Waals surface area contributed by atoms with E-state index in [9.17, 15) is 9.59 Å². The zero-order valence-electron chi connectivity index (χ0n) is 17.5. The van der Waals surface area contributed by atoms with E-state index in [4.69, 9.17) is 5.21 Å². The minimum absolute atomic E-state index is 0.0405. The van der Waals surface area contributed by atoms with Crippen LogP contribution in [0.25, 0.3) is 5.57 Å². The van der Waals surface area contributed by atoms with Crippen LogP contribution >= 0.6 is 0 Å². The lowest BCUT2D eigenvalue weighted by atomic mass is 9.81. The molecule has 1 saturated heterocycles. The number of nitrogens with zero attached hydrogens (tertiary/aromatic N) is 1. The number of nitrogens with one attached hydrogen (secondary N) is 2. The number of carbonyl (C=O) groups is 2. The summed E-state index contributed by atoms with van der Waals surface area (Å²) in [5.41, 5.74) is 8.31. The van der Waals surface area contributed by atoms with E-state index in [0.717, 1.165) is 25.8 Å². The third-order valence-electron chi connectivity index (χ3n) is 7.13. The summed E-state index contributed by atoms with van der Waals surface area (Å²) < 4.78 is 0. The molecule has 1 aromatic carbocycles. The van der Waals surface area contributed by atoms with Gasteiger partial charge in [-0.25, -0.2) is 5.48 Å². The first kappa shape index (κ1) is 20.1. The maximum Gasteiger partial charge on any atom is 0.248 e. The summed E-state index contributed by atoms with van der Waals surface area (Å²) >= 11 is 0. The highest BCUT2D eigenvalue weighted by Crippen LogP contribution is 2.52. The van der Waals surface area contributed by atoms with Crippen molar-refractivity contribution in [1.29, 1.82) is 0 Å². The fourth-order valence-corrected chi connectivity index (χ4v) is 4.89. The SMILES string of the molecule is Cc1cc(C)c(C2=CCN(C(=O)C3NCC4(CC4)CC3C(=O)NO)CC2)cc1C. The third-order valence-corrected chi connectivity index (χ3v) is 7.13. The van der Waals surface area contributed by atoms with Gasteiger partial charge in [0.2, 0.25) is 11.8 Å². The molecular formula is C23H31N3O3. The first-order valence-corrected chi connectivity index (χ1v) is 10.6. The van der Waals surface area contributed by atoms with Crippen molar-refractivity contribution in [3.63, 3.8) is 0 Å². The van der Waals surface area contributed by atoms with Crippen LogP contribution in [-0.4, -0.2) is 47.6 Å². The van der Waals surface area contributed by atoms with Crippen molar-refractivity contribution in [2.24, 2.45) is 11.3 Å². The molecule has 1 aromatic rings. The monoisotopic (exact) mass is 397 g/mol. The van der Waals surface area contributed by atoms with E-state index >= 15 is 0 Å². The fraction of sp³-hybridized carbons (Fsp3) is 0.565. The lowest BCUT2D eigenvalue weighted by Gasteiger charge is -2.38. The summed E-state index contributed by atoms with van der Waals surface area (Å²) in [4.78, 5) is 27.3. The average molecular weight is 398 g/mol. The van der Waals surface area contributed by atoms with E-state index in [2.05, 4.69) is 44.3 Å². The van der Waals surface area contributed by atoms with Gasteiger partial charge in [0.25, 0.3) is 0 Å². The lowest BCUT2D eigenvalue weighted by Crippen LogP contribution is -2.59. The molecule has 1 saturated carbocycles. The van der Waals surface area contributed by atoms with E-state index in [1.54, 1.807) is 5.48 Å². The molecule has 3 aliphatic rings. The summed E-state index contributed by atoms with van der Waals surface area (Å²) in [6.07, 6.45) is 5.79. The Morgan fingerprint density at radius 1 is 1.17 bits per heavy atom. The van der Waals surface area contributed by atoms with E-state index in [1.807, 2.05) is 4.90 Å². The Kier molecular flexibility index (Phi) is 5.25. The molecule has 2 heterocycles. The van der Waals surface area contributed by atoms with E-state index < -0.39 is 17.9 Å². The first-order valence-electron chi connectivity index (χ1n) is 10.6. The van der Waals surface area contributed by atoms with Gasteiger partial charge >= 0.3 is 0 Å². The van der Waals surface area contributed by atoms with Crippen molar-refractivity contribution < 1.29 is 14.8 Å². The Hall–Kier alpha value is -2.18. The zero-order chi connectivity index (χ0) is 20.8. The minimum atomic E-state index is -0.563. The second-order valence-electron chi connectivity index (χ2n) is 9.16. The number of carbonyl (C=O) groups excluding carboxylic acids is 2. The quantitative estimate of drug-likeness (QED) is 0.541. The summed E-state index contributed by atoms with van der Waals surface area (Å²) in [7, 11) is 0. The van der Waals surface area contributed by atoms with Crippen LogP contribution in [-0.2, 0) is 9.59 Å². The molecule has 0 bridgehead atoms. The van der Waals surface area contributed by atoms with Crippen LogP contribution in [0.15, 0.2) is 18.2 Å². The molecule has 0 radical (unpaired) electrons. The molecule has 1 spiro atoms. The first-order chi connectivity index (χ1) is 13.8. The standard InChI is InChI=1S/C23H31N3O3/c1-14-10-16(3)18(11-15(14)2)17-4-8-26(9-5-17)22(28)20-19(21(27)25-29)12-23(6-7-23)13-24-20/h4,10-11,19-20,24,29H,5-9,12-13H2,1-3H3,(H,25,27). The van der Waals surface area contributed by atoms with E-state index in [0.29, 0.717) is 19.5 Å². The molecule has 2 aliphatic heterocycles. The number of hydroxylamine groups is 1. The van der Waals surface area contributed by atoms with Crippen LogP contribution < -0.4 is 10.8 Å². The van der Waals surface area contributed by atoms with Crippen molar-refractivity contribution in [2.45, 2.75) is 52.5 Å². The van der Waals surface area contributed by atoms with E-state index in [-0.39, 0.29) is 11.3 Å². The lowest BCUT2D eigenvalue weighted by molar-refractivity contribution is -0.144. The molecule has 6 nitrogen and oxygen atoms in total. The van der Waals surface area contributed by atoms with Crippen LogP contribution in [0.1, 0.15) is 47.9 Å². The number of piperidine rings is 1. The summed E-state index contributed by atoms with van der Waals surface area (Å²) in [6, 6.07) is 3.90. The highest BCUT2D eigenvalue weighted by Gasteiger charge is 2.52. The third kappa shape index (κ3) is 3.83. The van der Waals surface area contributed by atoms with Gasteiger partial charge in [-0.05, 0) is 79.7 Å². The number of aryl methyl sites for hydroxylation is 3. The van der Waals surface area contributed by atoms with Crippen LogP contribution in [0.2, 0.25) is 0 Å². The van der Waals surface area contributed by atoms with Crippen molar-refractivity contribution in [2.75, 3.05) is 19.6 Å². The van der Waals surface area contributed by atoms with Gasteiger partial charge in [-0.1, -0.05) is 18.2 Å². The Morgan fingerprint density at radius 3 is 2.52 bits per heavy atom. The van der Waals surface area contributed by atoms with Crippen molar-refractivity contribution in [1.82, 2.24) is 15.7 Å². The van der Waals surface area contributed by atoms with Gasteiger partial charge in [0.15, 0.2) is 0 Å². The van der Waals surface area contributed by atoms with Gasteiger partial charge in [-0.15, -0.1) is 0 Å². The molecule has 1 aliphatic carbocycles. The summed E-state index contributed by atoms with van der Waals surface area (Å²) in [5.74, 6) is -1.02. The number of benzene rings is 1. The Labute approximate surface area is 172 Å². The number of hydrogen-bond donors (Lipinski definition) is 3. The molecule has 4 rings (SSSR count). The summed E-state index contributed by atoms with van der Waals surface area (Å²) in [5, 5.41) is 12.5. The topological polar surface area (TPSA) is 81.7 Å². The normalized spacial score (nSPS) is 25.5. The van der Waals surface area contributed by atoms with Crippen molar-refractivity contribution >= 4 is 17.4 Å². The predicted molar refractivity (Wildman–Crippen MR) is 111 cm³/mol. The molecule has 2 atom stereocenters. The number of hydrogen-bond acceptors (Lipinski definition) is 4. The molecule has 29 heavy (non-hydrogen) atoms. The highest BCUT2D eigenvalue weighted by molar-refractivity contribution is 5.90. The number of rotatable bonds is 3. The molecule has 0 aromatic heterocycles. The Morgan fingerprint density at radius 2 is 1.90 bits per heavy atom. The molecule has 3 N–H and O–H groups in total. The van der Waals surface area contributed by atoms with Gasteiger partial charge in [-0.3, -0.25) is 14.8 Å². The molecule has 6 heteroatoms. The van der Waals surface area contributed by atoms with Crippen LogP contribution in [0.3, 0.4) is 0 Å². The molecular weight excluding hydrogens is 366 g/mol. The maximum atomic E-state index is 13.2. The average Bonchev–Trinajstić information content (AvgIpc) is 3.48. The van der Waals surface area contributed by atoms with Gasteiger partial charge in [0.1, 0.15) is 0 Å². The van der Waals surface area contributed by atoms with Crippen LogP contribution in [0.5, 0.6) is 0 Å². The minimum Gasteiger partial charge on any atom is -0.337 e. The van der Waals surface area contributed by atoms with Crippen molar-refractivity contribution in [3.05, 3.63) is 40.5 Å². The largest absolute Gasteiger partial charge is 0.337 e. The van der Waals surface area contributed by atoms with Crippen LogP contribution in [0, 0.1) is 32.1 Å². The van der Waals surface area contributed by atoms with Gasteiger partial charge in [0.05, 0.1) is 12.0 Å². The van der Waals surface area contributed by atoms with E-state index in [1.165, 1.54) is 27.8 Å². The molecule has 2 amide bonds. The van der Waals surface area contributed by atoms with Crippen molar-refractivity contribution in [3.8, 4) is 0 Å². The van der Waals surface area contributed by atoms with Crippen LogP contribution in [0.4, 0.5) is 0 Å².